The fraction of sp³-hybridized carbons (Fsp3) is 0.429. The minimum absolute atomic E-state index is 0.0937. The first-order valence-corrected chi connectivity index (χ1v) is 8.73. The van der Waals surface area contributed by atoms with E-state index in [-0.39, 0.29) is 17.6 Å². The van der Waals surface area contributed by atoms with Gasteiger partial charge in [0, 0.05) is 0 Å². The van der Waals surface area contributed by atoms with E-state index in [4.69, 9.17) is 0 Å². The number of unbranched alkanes of at least 4 members (excludes halogenated alkanes) is 2. The van der Waals surface area contributed by atoms with E-state index in [0.717, 1.165) is 48.8 Å². The smallest absolute Gasteiger partial charge is 0.126 e. The summed E-state index contributed by atoms with van der Waals surface area (Å²) in [5.74, 6) is -0.131. The SMILES string of the molecule is CCCCCc1ccc(C2CCc3ccc(F)cc3C2)c(F)c1. The minimum Gasteiger partial charge on any atom is -0.207 e. The number of rotatable bonds is 5. The molecule has 0 radical (unpaired) electrons. The van der Waals surface area contributed by atoms with Crippen LogP contribution in [0.5, 0.6) is 0 Å². The molecular weight excluding hydrogens is 290 g/mol. The van der Waals surface area contributed by atoms with Crippen LogP contribution >= 0.6 is 0 Å². The zero-order chi connectivity index (χ0) is 16.2. The van der Waals surface area contributed by atoms with Gasteiger partial charge in [-0.15, -0.1) is 0 Å². The molecule has 1 unspecified atom stereocenters. The molecule has 0 aliphatic heterocycles. The molecule has 0 saturated carbocycles. The van der Waals surface area contributed by atoms with Crippen LogP contribution in [0.4, 0.5) is 8.78 Å². The van der Waals surface area contributed by atoms with Crippen LogP contribution in [0.1, 0.15) is 60.8 Å². The van der Waals surface area contributed by atoms with Crippen LogP contribution in [0.3, 0.4) is 0 Å². The highest BCUT2D eigenvalue weighted by atomic mass is 19.1. The van der Waals surface area contributed by atoms with Gasteiger partial charge < -0.3 is 0 Å². The molecule has 0 amide bonds. The molecule has 1 aliphatic rings. The lowest BCUT2D eigenvalue weighted by molar-refractivity contribution is 0.529. The molecule has 0 bridgehead atoms. The van der Waals surface area contributed by atoms with Gasteiger partial charge in [-0.2, -0.15) is 0 Å². The van der Waals surface area contributed by atoms with Crippen molar-refractivity contribution < 1.29 is 8.78 Å². The van der Waals surface area contributed by atoms with E-state index in [9.17, 15) is 8.78 Å². The van der Waals surface area contributed by atoms with Gasteiger partial charge in [-0.25, -0.2) is 8.78 Å². The average molecular weight is 314 g/mol. The van der Waals surface area contributed by atoms with E-state index < -0.39 is 0 Å². The molecule has 2 heteroatoms. The van der Waals surface area contributed by atoms with Gasteiger partial charge in [0.2, 0.25) is 0 Å². The first kappa shape index (κ1) is 16.2. The van der Waals surface area contributed by atoms with Crippen LogP contribution in [-0.2, 0) is 19.3 Å². The van der Waals surface area contributed by atoms with E-state index >= 15 is 0 Å². The van der Waals surface area contributed by atoms with Crippen molar-refractivity contribution in [3.8, 4) is 0 Å². The molecule has 122 valence electrons. The maximum atomic E-state index is 14.5. The van der Waals surface area contributed by atoms with Crippen LogP contribution in [0.15, 0.2) is 36.4 Å². The highest BCUT2D eigenvalue weighted by molar-refractivity contribution is 5.36. The molecule has 0 aromatic heterocycles. The Hall–Kier alpha value is -1.70. The summed E-state index contributed by atoms with van der Waals surface area (Å²) in [4.78, 5) is 0. The lowest BCUT2D eigenvalue weighted by atomic mass is 9.80. The van der Waals surface area contributed by atoms with Gasteiger partial charge in [-0.1, -0.05) is 38.0 Å². The van der Waals surface area contributed by atoms with Crippen molar-refractivity contribution in [3.63, 3.8) is 0 Å². The molecule has 1 aliphatic carbocycles. The van der Waals surface area contributed by atoms with Gasteiger partial charge >= 0.3 is 0 Å². The van der Waals surface area contributed by atoms with Gasteiger partial charge in [0.15, 0.2) is 0 Å². The number of fused-ring (bicyclic) bond motifs is 1. The quantitative estimate of drug-likeness (QED) is 0.596. The first-order chi connectivity index (χ1) is 11.2. The second kappa shape index (κ2) is 7.25. The fourth-order valence-electron chi connectivity index (χ4n) is 3.63. The lowest BCUT2D eigenvalue weighted by Crippen LogP contribution is -2.14. The Labute approximate surface area is 137 Å². The number of hydrogen-bond acceptors (Lipinski definition) is 0. The third-order valence-corrected chi connectivity index (χ3v) is 4.97. The zero-order valence-corrected chi connectivity index (χ0v) is 13.7. The largest absolute Gasteiger partial charge is 0.207 e. The molecule has 2 aromatic carbocycles. The Morgan fingerprint density at radius 1 is 1.00 bits per heavy atom. The Bertz CT molecular complexity index is 676. The second-order valence-corrected chi connectivity index (χ2v) is 6.67. The number of benzene rings is 2. The first-order valence-electron chi connectivity index (χ1n) is 8.73. The predicted molar refractivity (Wildman–Crippen MR) is 90.8 cm³/mol. The molecular formula is C21H24F2. The summed E-state index contributed by atoms with van der Waals surface area (Å²) in [5.41, 5.74) is 4.12. The summed E-state index contributed by atoms with van der Waals surface area (Å²) in [6.45, 7) is 2.17. The molecule has 0 fully saturated rings. The molecule has 2 aromatic rings. The van der Waals surface area contributed by atoms with Gasteiger partial charge in [-0.05, 0) is 78.5 Å². The summed E-state index contributed by atoms with van der Waals surface area (Å²) < 4.78 is 28.0. The van der Waals surface area contributed by atoms with Gasteiger partial charge in [0.1, 0.15) is 11.6 Å². The molecule has 0 spiro atoms. The zero-order valence-electron chi connectivity index (χ0n) is 13.7. The van der Waals surface area contributed by atoms with Gasteiger partial charge in [-0.3, -0.25) is 0 Å². The van der Waals surface area contributed by atoms with Crippen molar-refractivity contribution in [2.75, 3.05) is 0 Å². The molecule has 23 heavy (non-hydrogen) atoms. The van der Waals surface area contributed by atoms with Crippen LogP contribution in [-0.4, -0.2) is 0 Å². The maximum absolute atomic E-state index is 14.5. The second-order valence-electron chi connectivity index (χ2n) is 6.67. The predicted octanol–water partition coefficient (Wildman–Crippen LogP) is 5.97. The summed E-state index contributed by atoms with van der Waals surface area (Å²) in [6.07, 6.45) is 7.00. The van der Waals surface area contributed by atoms with E-state index in [0.29, 0.717) is 0 Å². The van der Waals surface area contributed by atoms with Crippen LogP contribution in [0, 0.1) is 11.6 Å². The highest BCUT2D eigenvalue weighted by Gasteiger charge is 2.23. The highest BCUT2D eigenvalue weighted by Crippen LogP contribution is 2.34. The maximum Gasteiger partial charge on any atom is 0.126 e. The van der Waals surface area contributed by atoms with Crippen molar-refractivity contribution >= 4 is 0 Å². The molecule has 0 nitrogen and oxygen atoms in total. The summed E-state index contributed by atoms with van der Waals surface area (Å²) in [6, 6.07) is 10.7. The van der Waals surface area contributed by atoms with Gasteiger partial charge in [0.25, 0.3) is 0 Å². The van der Waals surface area contributed by atoms with Crippen molar-refractivity contribution in [1.82, 2.24) is 0 Å². The Morgan fingerprint density at radius 3 is 2.65 bits per heavy atom. The van der Waals surface area contributed by atoms with Crippen LogP contribution < -0.4 is 0 Å². The fourth-order valence-corrected chi connectivity index (χ4v) is 3.63. The summed E-state index contributed by atoms with van der Waals surface area (Å²) >= 11 is 0. The van der Waals surface area contributed by atoms with Crippen molar-refractivity contribution in [2.24, 2.45) is 0 Å². The van der Waals surface area contributed by atoms with Crippen molar-refractivity contribution in [1.29, 1.82) is 0 Å². The van der Waals surface area contributed by atoms with Crippen LogP contribution in [0.25, 0.3) is 0 Å². The number of hydrogen-bond donors (Lipinski definition) is 0. The average Bonchev–Trinajstić information content (AvgIpc) is 2.54. The topological polar surface area (TPSA) is 0 Å². The van der Waals surface area contributed by atoms with E-state index in [2.05, 4.69) is 13.0 Å². The lowest BCUT2D eigenvalue weighted by Gasteiger charge is -2.25. The molecule has 0 saturated heterocycles. The van der Waals surface area contributed by atoms with Gasteiger partial charge in [0.05, 0.1) is 0 Å². The molecule has 3 rings (SSSR count). The van der Waals surface area contributed by atoms with Crippen molar-refractivity contribution in [3.05, 3.63) is 70.3 Å². The number of aryl methyl sites for hydroxylation is 2. The van der Waals surface area contributed by atoms with E-state index in [1.165, 1.54) is 24.5 Å². The summed E-state index contributed by atoms with van der Waals surface area (Å²) in [7, 11) is 0. The molecule has 0 N–H and O–H groups in total. The van der Waals surface area contributed by atoms with E-state index in [1.807, 2.05) is 12.1 Å². The van der Waals surface area contributed by atoms with E-state index in [1.54, 1.807) is 12.1 Å². The summed E-state index contributed by atoms with van der Waals surface area (Å²) in [5, 5.41) is 0. The Balaban J connectivity index is 1.75. The third kappa shape index (κ3) is 3.80. The normalized spacial score (nSPS) is 17.1. The minimum atomic E-state index is -0.198. The van der Waals surface area contributed by atoms with Crippen LogP contribution in [0.2, 0.25) is 0 Å². The van der Waals surface area contributed by atoms with Crippen molar-refractivity contribution in [2.45, 2.75) is 57.8 Å². The Kier molecular flexibility index (Phi) is 5.09. The third-order valence-electron chi connectivity index (χ3n) is 4.97. The number of halogens is 2. The standard InChI is InChI=1S/C21H24F2/c1-2-3-4-5-15-6-11-20(21(23)12-15)17-8-7-16-9-10-19(22)14-18(16)13-17/h6,9-12,14,17H,2-5,7-8,13H2,1H3. The molecule has 0 heterocycles. The Morgan fingerprint density at radius 2 is 1.87 bits per heavy atom. The monoisotopic (exact) mass is 314 g/mol. The molecule has 1 atom stereocenters.